The molecule has 5 heteroatoms. The van der Waals surface area contributed by atoms with Crippen LogP contribution in [-0.2, 0) is 5.41 Å². The van der Waals surface area contributed by atoms with Crippen LogP contribution in [0.15, 0.2) is 166 Å². The van der Waals surface area contributed by atoms with E-state index in [1.165, 1.54) is 43.2 Å². The molecule has 1 unspecified atom stereocenters. The SMILES string of the molecule is c1ccc(-c2nc(-c3ccccc3)nc(-c3ccc4c(c3)Sc3ccccc3C43c4ccccc4-c4c3ccc3occc43)n2)cc1. The summed E-state index contributed by atoms with van der Waals surface area (Å²) in [6, 6.07) is 51.2. The average Bonchev–Trinajstić information content (AvgIpc) is 3.74. The van der Waals surface area contributed by atoms with Gasteiger partial charge in [-0.2, -0.15) is 0 Å². The predicted molar refractivity (Wildman–Crippen MR) is 187 cm³/mol. The summed E-state index contributed by atoms with van der Waals surface area (Å²) >= 11 is 1.82. The van der Waals surface area contributed by atoms with Gasteiger partial charge in [0.25, 0.3) is 0 Å². The Balaban J connectivity index is 1.23. The minimum absolute atomic E-state index is 0.476. The van der Waals surface area contributed by atoms with Gasteiger partial charge in [-0.1, -0.05) is 133 Å². The molecule has 0 radical (unpaired) electrons. The number of nitrogens with zero attached hydrogens (tertiary/aromatic N) is 3. The van der Waals surface area contributed by atoms with Gasteiger partial charge in [-0.05, 0) is 57.6 Å². The molecule has 0 saturated heterocycles. The lowest BCUT2D eigenvalue weighted by Gasteiger charge is -2.39. The Hall–Kier alpha value is -5.78. The minimum atomic E-state index is -0.476. The Morgan fingerprint density at radius 1 is 0.468 bits per heavy atom. The molecular weight excluding hydrogens is 595 g/mol. The molecule has 0 N–H and O–H groups in total. The molecule has 47 heavy (non-hydrogen) atoms. The van der Waals surface area contributed by atoms with Crippen molar-refractivity contribution in [3.63, 3.8) is 0 Å². The van der Waals surface area contributed by atoms with E-state index in [4.69, 9.17) is 19.4 Å². The van der Waals surface area contributed by atoms with Crippen molar-refractivity contribution < 1.29 is 4.42 Å². The molecule has 2 aromatic heterocycles. The summed E-state index contributed by atoms with van der Waals surface area (Å²) in [5.74, 6) is 1.97. The van der Waals surface area contributed by atoms with Crippen molar-refractivity contribution in [2.75, 3.05) is 0 Å². The van der Waals surface area contributed by atoms with Crippen molar-refractivity contribution in [1.82, 2.24) is 15.0 Å². The van der Waals surface area contributed by atoms with Crippen LogP contribution in [0.3, 0.4) is 0 Å². The highest BCUT2D eigenvalue weighted by molar-refractivity contribution is 7.99. The lowest BCUT2D eigenvalue weighted by Crippen LogP contribution is -2.32. The van der Waals surface area contributed by atoms with Crippen LogP contribution in [0.2, 0.25) is 0 Å². The van der Waals surface area contributed by atoms with Crippen molar-refractivity contribution in [1.29, 1.82) is 0 Å². The van der Waals surface area contributed by atoms with Crippen molar-refractivity contribution in [2.45, 2.75) is 15.2 Å². The van der Waals surface area contributed by atoms with E-state index in [1.54, 1.807) is 6.26 Å². The molecule has 1 spiro atoms. The Morgan fingerprint density at radius 3 is 1.81 bits per heavy atom. The number of hydrogen-bond donors (Lipinski definition) is 0. The Labute approximate surface area is 275 Å². The fourth-order valence-corrected chi connectivity index (χ4v) is 8.75. The Bertz CT molecular complexity index is 2450. The zero-order valence-electron chi connectivity index (χ0n) is 25.1. The third-order valence-corrected chi connectivity index (χ3v) is 10.6. The Morgan fingerprint density at radius 2 is 1.06 bits per heavy atom. The average molecular weight is 620 g/mol. The largest absolute Gasteiger partial charge is 0.464 e. The number of furan rings is 1. The number of aromatic nitrogens is 3. The molecule has 1 aliphatic carbocycles. The van der Waals surface area contributed by atoms with E-state index in [9.17, 15) is 0 Å². The summed E-state index contributed by atoms with van der Waals surface area (Å²) in [6.45, 7) is 0. The van der Waals surface area contributed by atoms with Gasteiger partial charge < -0.3 is 4.42 Å². The maximum Gasteiger partial charge on any atom is 0.164 e. The van der Waals surface area contributed by atoms with Crippen LogP contribution in [0.5, 0.6) is 0 Å². The third kappa shape index (κ3) is 3.81. The third-order valence-electron chi connectivity index (χ3n) is 9.49. The highest BCUT2D eigenvalue weighted by Crippen LogP contribution is 2.63. The number of hydrogen-bond acceptors (Lipinski definition) is 5. The zero-order chi connectivity index (χ0) is 31.0. The van der Waals surface area contributed by atoms with Gasteiger partial charge in [0.15, 0.2) is 17.5 Å². The van der Waals surface area contributed by atoms with Gasteiger partial charge in [0.2, 0.25) is 0 Å². The highest BCUT2D eigenvalue weighted by Gasteiger charge is 2.50. The van der Waals surface area contributed by atoms with Gasteiger partial charge in [-0.15, -0.1) is 0 Å². The summed E-state index contributed by atoms with van der Waals surface area (Å²) in [4.78, 5) is 17.4. The standard InChI is InChI=1S/C42H25N3OS/c1-3-11-26(12-4-1)39-43-40(27-13-5-2-6-14-27)45-41(44-39)28-19-20-33-37(25-28)47-36-18-10-9-17-32(36)42(33)31-16-8-7-15-29(31)38-30-23-24-46-35(30)22-21-34(38)42/h1-25H. The molecule has 2 aliphatic rings. The molecule has 10 rings (SSSR count). The predicted octanol–water partition coefficient (Wildman–Crippen LogP) is 10.4. The van der Waals surface area contributed by atoms with E-state index >= 15 is 0 Å². The van der Waals surface area contributed by atoms with Crippen LogP contribution in [-0.4, -0.2) is 15.0 Å². The Kier molecular flexibility index (Phi) is 5.69. The van der Waals surface area contributed by atoms with Crippen LogP contribution < -0.4 is 0 Å². The molecule has 8 aromatic rings. The summed E-state index contributed by atoms with van der Waals surface area (Å²) in [6.07, 6.45) is 1.80. The zero-order valence-corrected chi connectivity index (χ0v) is 25.9. The van der Waals surface area contributed by atoms with Crippen molar-refractivity contribution in [2.24, 2.45) is 0 Å². The first-order valence-electron chi connectivity index (χ1n) is 15.7. The fraction of sp³-hybridized carbons (Fsp3) is 0.0238. The molecular formula is C42H25N3OS. The molecule has 0 fully saturated rings. The van der Waals surface area contributed by atoms with Gasteiger partial charge >= 0.3 is 0 Å². The van der Waals surface area contributed by atoms with Gasteiger partial charge in [0.1, 0.15) is 5.58 Å². The molecule has 6 aromatic carbocycles. The summed E-state index contributed by atoms with van der Waals surface area (Å²) in [5, 5.41) is 1.15. The van der Waals surface area contributed by atoms with E-state index in [0.717, 1.165) is 27.7 Å². The van der Waals surface area contributed by atoms with Crippen molar-refractivity contribution >= 4 is 22.7 Å². The van der Waals surface area contributed by atoms with E-state index in [2.05, 4.69) is 84.9 Å². The summed E-state index contributed by atoms with van der Waals surface area (Å²) in [7, 11) is 0. The number of rotatable bonds is 3. The maximum atomic E-state index is 5.90. The van der Waals surface area contributed by atoms with Crippen molar-refractivity contribution in [3.05, 3.63) is 174 Å². The molecule has 0 bridgehead atoms. The van der Waals surface area contributed by atoms with E-state index in [-0.39, 0.29) is 0 Å². The van der Waals surface area contributed by atoms with Gasteiger partial charge in [0, 0.05) is 31.9 Å². The highest BCUT2D eigenvalue weighted by atomic mass is 32.2. The van der Waals surface area contributed by atoms with Crippen LogP contribution in [0, 0.1) is 0 Å². The molecule has 0 amide bonds. The van der Waals surface area contributed by atoms with Gasteiger partial charge in [-0.25, -0.2) is 15.0 Å². The second kappa shape index (κ2) is 10.1. The lowest BCUT2D eigenvalue weighted by molar-refractivity contribution is 0.615. The number of fused-ring (bicyclic) bond motifs is 11. The molecule has 3 heterocycles. The second-order valence-electron chi connectivity index (χ2n) is 12.0. The minimum Gasteiger partial charge on any atom is -0.464 e. The van der Waals surface area contributed by atoms with Crippen molar-refractivity contribution in [3.8, 4) is 45.3 Å². The molecule has 1 atom stereocenters. The fourth-order valence-electron chi connectivity index (χ4n) is 7.52. The quantitative estimate of drug-likeness (QED) is 0.197. The topological polar surface area (TPSA) is 51.8 Å². The van der Waals surface area contributed by atoms with E-state index < -0.39 is 5.41 Å². The van der Waals surface area contributed by atoms with E-state index in [0.29, 0.717) is 17.5 Å². The molecule has 0 saturated carbocycles. The normalized spacial score (nSPS) is 15.7. The second-order valence-corrected chi connectivity index (χ2v) is 13.0. The maximum absolute atomic E-state index is 5.90. The van der Waals surface area contributed by atoms with Gasteiger partial charge in [-0.3, -0.25) is 0 Å². The first kappa shape index (κ1) is 26.4. The molecule has 4 nitrogen and oxygen atoms in total. The molecule has 220 valence electrons. The van der Waals surface area contributed by atoms with Crippen LogP contribution >= 0.6 is 11.8 Å². The smallest absolute Gasteiger partial charge is 0.164 e. The monoisotopic (exact) mass is 619 g/mol. The molecule has 1 aliphatic heterocycles. The first-order chi connectivity index (χ1) is 23.3. The summed E-state index contributed by atoms with van der Waals surface area (Å²) in [5.41, 5.74) is 11.0. The lowest BCUT2D eigenvalue weighted by atomic mass is 9.67. The van der Waals surface area contributed by atoms with Crippen LogP contribution in [0.1, 0.15) is 22.3 Å². The van der Waals surface area contributed by atoms with Crippen LogP contribution in [0.25, 0.3) is 56.3 Å². The van der Waals surface area contributed by atoms with E-state index in [1.807, 2.05) is 72.4 Å². The van der Waals surface area contributed by atoms with Gasteiger partial charge in [0.05, 0.1) is 11.7 Å². The van der Waals surface area contributed by atoms with Crippen LogP contribution in [0.4, 0.5) is 0 Å². The first-order valence-corrected chi connectivity index (χ1v) is 16.5. The summed E-state index contributed by atoms with van der Waals surface area (Å²) < 4.78 is 5.90. The number of benzene rings is 6.